The predicted octanol–water partition coefficient (Wildman–Crippen LogP) is 7.47. The Morgan fingerprint density at radius 1 is 0.500 bits per heavy atom. The van der Waals surface area contributed by atoms with Crippen molar-refractivity contribution in [3.05, 3.63) is 26.3 Å². The van der Waals surface area contributed by atoms with Crippen LogP contribution in [0.3, 0.4) is 0 Å². The third kappa shape index (κ3) is 7760. The molecule has 0 aromatic heterocycles. The van der Waals surface area contributed by atoms with Crippen LogP contribution in [0.5, 0.6) is 0 Å². The molecule has 0 fully saturated rings. The molecule has 0 amide bonds. The SMILES string of the molecule is C.C.C=C.C=C.CC(C)(C)C.CC(C)(C)C.[2HH].[2HH]. The van der Waals surface area contributed by atoms with E-state index in [9.17, 15) is 0 Å². The van der Waals surface area contributed by atoms with Crippen molar-refractivity contribution in [3.8, 4) is 0 Å². The van der Waals surface area contributed by atoms with Gasteiger partial charge >= 0.3 is 0 Å². The molecular formula is C16H44. The van der Waals surface area contributed by atoms with Crippen LogP contribution < -0.4 is 0 Å². The molecule has 0 nitrogen and oxygen atoms in total. The zero-order chi connectivity index (χ0) is 13.0. The summed E-state index contributed by atoms with van der Waals surface area (Å²) >= 11 is 0. The first kappa shape index (κ1) is 36.1. The Labute approximate surface area is 111 Å². The summed E-state index contributed by atoms with van der Waals surface area (Å²) in [5.74, 6) is 0. The van der Waals surface area contributed by atoms with E-state index in [0.717, 1.165) is 0 Å². The lowest BCUT2D eigenvalue weighted by Crippen LogP contribution is -1.93. The smallest absolute Gasteiger partial charge is 0 e. The van der Waals surface area contributed by atoms with E-state index in [1.165, 1.54) is 0 Å². The van der Waals surface area contributed by atoms with E-state index in [0.29, 0.717) is 10.8 Å². The van der Waals surface area contributed by atoms with Gasteiger partial charge in [0.05, 0.1) is 0 Å². The zero-order valence-corrected chi connectivity index (χ0v) is 11.8. The zero-order valence-electron chi connectivity index (χ0n) is 11.8. The van der Waals surface area contributed by atoms with Gasteiger partial charge in [0, 0.05) is 2.85 Å². The normalized spacial score (nSPS) is 8.00. The lowest BCUT2D eigenvalue weighted by atomic mass is 10.0. The molecule has 0 aromatic rings. The lowest BCUT2D eigenvalue weighted by Gasteiger charge is -2.05. The van der Waals surface area contributed by atoms with Gasteiger partial charge in [-0.2, -0.15) is 0 Å². The third-order valence-electron chi connectivity index (χ3n) is 0. The van der Waals surface area contributed by atoms with Crippen LogP contribution >= 0.6 is 0 Å². The van der Waals surface area contributed by atoms with E-state index >= 15 is 0 Å². The molecule has 0 aliphatic rings. The second-order valence-electron chi connectivity index (χ2n) is 6.00. The van der Waals surface area contributed by atoms with Gasteiger partial charge in [-0.3, -0.25) is 0 Å². The lowest BCUT2D eigenvalue weighted by molar-refractivity contribution is 0.469. The molecule has 0 aliphatic heterocycles. The highest BCUT2D eigenvalue weighted by Gasteiger charge is 1.96. The van der Waals surface area contributed by atoms with Crippen LogP contribution in [0.1, 0.15) is 73.1 Å². The molecule has 0 bridgehead atoms. The minimum atomic E-state index is 0. The predicted molar refractivity (Wildman–Crippen MR) is 90.5 cm³/mol. The minimum absolute atomic E-state index is 0. The quantitative estimate of drug-likeness (QED) is 0.384. The molecule has 0 atom stereocenters. The van der Waals surface area contributed by atoms with Crippen molar-refractivity contribution in [2.75, 3.05) is 0 Å². The fourth-order valence-electron chi connectivity index (χ4n) is 0. The van der Waals surface area contributed by atoms with Crippen LogP contribution in [0.25, 0.3) is 0 Å². The molecule has 0 aliphatic carbocycles. The first-order valence-corrected chi connectivity index (χ1v) is 5.00. The van der Waals surface area contributed by atoms with Crippen LogP contribution in [-0.4, -0.2) is 0 Å². The van der Waals surface area contributed by atoms with Crippen LogP contribution in [-0.2, 0) is 0 Å². The highest BCUT2D eigenvalue weighted by atomic mass is 14.0. The molecule has 0 saturated carbocycles. The average molecular weight is 239 g/mol. The van der Waals surface area contributed by atoms with Crippen LogP contribution in [0.4, 0.5) is 0 Å². The van der Waals surface area contributed by atoms with Gasteiger partial charge < -0.3 is 0 Å². The fraction of sp³-hybridized carbons (Fsp3) is 0.750. The van der Waals surface area contributed by atoms with Gasteiger partial charge in [0.15, 0.2) is 0 Å². The van der Waals surface area contributed by atoms with E-state index in [4.69, 9.17) is 0 Å². The molecule has 0 saturated heterocycles. The molecule has 0 spiro atoms. The van der Waals surface area contributed by atoms with Gasteiger partial charge in [-0.05, 0) is 10.8 Å². The summed E-state index contributed by atoms with van der Waals surface area (Å²) in [7, 11) is 0. The maximum Gasteiger partial charge on any atom is 0 e. The van der Waals surface area contributed by atoms with Crippen molar-refractivity contribution >= 4 is 0 Å². The fourth-order valence-corrected chi connectivity index (χ4v) is 0. The van der Waals surface area contributed by atoms with Crippen molar-refractivity contribution in [3.63, 3.8) is 0 Å². The standard InChI is InChI=1S/2C5H12.2C2H4.2CH4.2H2/c2*1-5(2,3)4;2*1-2;;;;/h2*1-4H3;2*1-2H2;2*1H4;2*1H/i;;;;;;2*1+1. The third-order valence-corrected chi connectivity index (χ3v) is 0. The van der Waals surface area contributed by atoms with E-state index in [1.807, 2.05) is 0 Å². The molecule has 0 N–H and O–H groups in total. The molecule has 108 valence electrons. The topological polar surface area (TPSA) is 0 Å². The summed E-state index contributed by atoms with van der Waals surface area (Å²) < 4.78 is 0. The van der Waals surface area contributed by atoms with Crippen molar-refractivity contribution in [2.24, 2.45) is 10.8 Å². The molecule has 0 heteroatoms. The van der Waals surface area contributed by atoms with Crippen LogP contribution in [0.15, 0.2) is 26.3 Å². The molecule has 0 aromatic carbocycles. The minimum Gasteiger partial charge on any atom is -0.106 e. The van der Waals surface area contributed by atoms with Gasteiger partial charge in [-0.15, -0.1) is 26.3 Å². The Balaban J connectivity index is -0.0000000123. The Hall–Kier alpha value is -0.520. The summed E-state index contributed by atoms with van der Waals surface area (Å²) in [5.41, 5.74) is 1.00. The van der Waals surface area contributed by atoms with E-state index in [2.05, 4.69) is 81.7 Å². The number of hydrogen-bond donors (Lipinski definition) is 0. The van der Waals surface area contributed by atoms with Crippen molar-refractivity contribution < 1.29 is 2.85 Å². The highest BCUT2D eigenvalue weighted by Crippen LogP contribution is 2.08. The van der Waals surface area contributed by atoms with Crippen molar-refractivity contribution in [1.29, 1.82) is 0 Å². The van der Waals surface area contributed by atoms with Crippen LogP contribution in [0, 0.1) is 10.8 Å². The summed E-state index contributed by atoms with van der Waals surface area (Å²) in [6, 6.07) is 0. The Morgan fingerprint density at radius 2 is 0.500 bits per heavy atom. The van der Waals surface area contributed by atoms with Gasteiger partial charge in [0.2, 0.25) is 0 Å². The van der Waals surface area contributed by atoms with Crippen molar-refractivity contribution in [1.82, 2.24) is 0 Å². The summed E-state index contributed by atoms with van der Waals surface area (Å²) in [5, 5.41) is 0. The van der Waals surface area contributed by atoms with E-state index < -0.39 is 0 Å². The second-order valence-corrected chi connectivity index (χ2v) is 6.00. The van der Waals surface area contributed by atoms with Gasteiger partial charge in [0.1, 0.15) is 0 Å². The Kier molecular flexibility index (Phi) is 45.1. The maximum absolute atomic E-state index is 3.00. The van der Waals surface area contributed by atoms with Crippen molar-refractivity contribution in [2.45, 2.75) is 70.2 Å². The molecule has 0 unspecified atom stereocenters. The molecule has 0 rings (SSSR count). The molecule has 0 radical (unpaired) electrons. The number of rotatable bonds is 0. The molecular weight excluding hydrogens is 192 g/mol. The van der Waals surface area contributed by atoms with Crippen LogP contribution in [0.2, 0.25) is 0 Å². The van der Waals surface area contributed by atoms with E-state index in [1.54, 1.807) is 0 Å². The summed E-state index contributed by atoms with van der Waals surface area (Å²) in [4.78, 5) is 0. The first-order valence-electron chi connectivity index (χ1n) is 5.00. The molecule has 16 heavy (non-hydrogen) atoms. The van der Waals surface area contributed by atoms with Gasteiger partial charge in [0.25, 0.3) is 0 Å². The Morgan fingerprint density at radius 3 is 0.500 bits per heavy atom. The number of hydrogen-bond acceptors (Lipinski definition) is 0. The molecule has 0 heterocycles. The largest absolute Gasteiger partial charge is 0.106 e. The highest BCUT2D eigenvalue weighted by molar-refractivity contribution is 4.47. The average Bonchev–Trinajstić information content (AvgIpc) is 1.88. The second kappa shape index (κ2) is 20.0. The Bertz CT molecular complexity index is 70.6. The first-order chi connectivity index (χ1) is 6.00. The maximum atomic E-state index is 3.00. The van der Waals surface area contributed by atoms with E-state index in [-0.39, 0.29) is 17.7 Å². The van der Waals surface area contributed by atoms with Gasteiger partial charge in [-0.1, -0.05) is 70.2 Å². The monoisotopic (exact) mass is 238 g/mol. The summed E-state index contributed by atoms with van der Waals surface area (Å²) in [6.07, 6.45) is 0. The summed E-state index contributed by atoms with van der Waals surface area (Å²) in [6.45, 7) is 29.5. The van der Waals surface area contributed by atoms with Gasteiger partial charge in [-0.25, -0.2) is 0 Å².